The lowest BCUT2D eigenvalue weighted by Crippen LogP contribution is -1.94. The van der Waals surface area contributed by atoms with E-state index in [1.807, 2.05) is 0 Å². The molecule has 0 atom stereocenters. The van der Waals surface area contributed by atoms with Crippen molar-refractivity contribution < 1.29 is 18.6 Å². The zero-order valence-electron chi connectivity index (χ0n) is 8.91. The van der Waals surface area contributed by atoms with E-state index >= 15 is 0 Å². The Balaban J connectivity index is 3.27. The summed E-state index contributed by atoms with van der Waals surface area (Å²) in [4.78, 5) is 0. The molecule has 0 saturated heterocycles. The van der Waals surface area contributed by atoms with Gasteiger partial charge in [-0.15, -0.1) is 0 Å². The number of rotatable bonds is 4. The molecule has 0 bridgehead atoms. The van der Waals surface area contributed by atoms with Crippen LogP contribution in [0.25, 0.3) is 6.08 Å². The van der Waals surface area contributed by atoms with Crippen LogP contribution >= 0.6 is 0 Å². The third-order valence-electron chi connectivity index (χ3n) is 1.98. The fourth-order valence-electron chi connectivity index (χ4n) is 1.25. The minimum atomic E-state index is 0.448. The van der Waals surface area contributed by atoms with Crippen LogP contribution in [0, 0.1) is 0 Å². The van der Waals surface area contributed by atoms with Crippen LogP contribution in [0.4, 0.5) is 4.39 Å². The maximum atomic E-state index is 12.1. The molecule has 1 aromatic rings. The molecule has 0 aliphatic rings. The van der Waals surface area contributed by atoms with Crippen molar-refractivity contribution in [3.8, 4) is 17.2 Å². The van der Waals surface area contributed by atoms with Gasteiger partial charge in [0, 0.05) is 11.6 Å². The van der Waals surface area contributed by atoms with E-state index in [9.17, 15) is 4.39 Å². The summed E-state index contributed by atoms with van der Waals surface area (Å²) >= 11 is 0. The van der Waals surface area contributed by atoms with E-state index in [4.69, 9.17) is 14.2 Å². The number of benzene rings is 1. The quantitative estimate of drug-likeness (QED) is 0.767. The first-order chi connectivity index (χ1) is 7.26. The van der Waals surface area contributed by atoms with Crippen molar-refractivity contribution in [2.75, 3.05) is 21.3 Å². The van der Waals surface area contributed by atoms with Crippen molar-refractivity contribution in [1.82, 2.24) is 0 Å². The van der Waals surface area contributed by atoms with Gasteiger partial charge in [0.15, 0.2) is 11.5 Å². The standard InChI is InChI=1S/C11H13FO3/c1-13-9-7-11(15-3)10(14-2)6-8(9)4-5-12/h4-7H,1-3H3. The number of hydrogen-bond donors (Lipinski definition) is 0. The zero-order chi connectivity index (χ0) is 11.3. The summed E-state index contributed by atoms with van der Waals surface area (Å²) in [6.45, 7) is 0. The molecule has 0 unspecified atom stereocenters. The molecule has 0 aliphatic carbocycles. The molecule has 82 valence electrons. The van der Waals surface area contributed by atoms with E-state index in [2.05, 4.69) is 0 Å². The smallest absolute Gasteiger partial charge is 0.164 e. The van der Waals surface area contributed by atoms with Crippen LogP contribution in [0.1, 0.15) is 5.56 Å². The van der Waals surface area contributed by atoms with E-state index in [1.165, 1.54) is 27.4 Å². The highest BCUT2D eigenvalue weighted by Crippen LogP contribution is 2.35. The Morgan fingerprint density at radius 2 is 1.47 bits per heavy atom. The van der Waals surface area contributed by atoms with Gasteiger partial charge in [-0.2, -0.15) is 0 Å². The lowest BCUT2D eigenvalue weighted by Gasteiger charge is -2.11. The molecule has 0 N–H and O–H groups in total. The minimum absolute atomic E-state index is 0.448. The molecule has 0 fully saturated rings. The van der Waals surface area contributed by atoms with Gasteiger partial charge in [0.2, 0.25) is 0 Å². The molecule has 4 heteroatoms. The van der Waals surface area contributed by atoms with Crippen molar-refractivity contribution in [2.24, 2.45) is 0 Å². The molecular formula is C11H13FO3. The second-order valence-corrected chi connectivity index (χ2v) is 2.74. The van der Waals surface area contributed by atoms with Crippen LogP contribution in [0.3, 0.4) is 0 Å². The first-order valence-electron chi connectivity index (χ1n) is 4.33. The third kappa shape index (κ3) is 2.40. The van der Waals surface area contributed by atoms with Crippen molar-refractivity contribution in [1.29, 1.82) is 0 Å². The van der Waals surface area contributed by atoms with E-state index in [-0.39, 0.29) is 0 Å². The Labute approximate surface area is 88.1 Å². The van der Waals surface area contributed by atoms with Crippen LogP contribution in [-0.4, -0.2) is 21.3 Å². The number of ether oxygens (including phenoxy) is 3. The average molecular weight is 212 g/mol. The van der Waals surface area contributed by atoms with Crippen LogP contribution in [-0.2, 0) is 0 Å². The van der Waals surface area contributed by atoms with E-state index < -0.39 is 0 Å². The van der Waals surface area contributed by atoms with Crippen LogP contribution < -0.4 is 14.2 Å². The monoisotopic (exact) mass is 212 g/mol. The second-order valence-electron chi connectivity index (χ2n) is 2.74. The highest BCUT2D eigenvalue weighted by Gasteiger charge is 2.09. The van der Waals surface area contributed by atoms with Gasteiger partial charge in [0.1, 0.15) is 5.75 Å². The summed E-state index contributed by atoms with van der Waals surface area (Å²) in [6, 6.07) is 3.29. The Morgan fingerprint density at radius 3 is 1.93 bits per heavy atom. The fraction of sp³-hybridized carbons (Fsp3) is 0.273. The molecule has 3 nitrogen and oxygen atoms in total. The Bertz CT molecular complexity index is 361. The first-order valence-corrected chi connectivity index (χ1v) is 4.33. The normalized spacial score (nSPS) is 10.4. The molecule has 1 rings (SSSR count). The second kappa shape index (κ2) is 5.24. The molecule has 0 radical (unpaired) electrons. The predicted molar refractivity (Wildman–Crippen MR) is 56.2 cm³/mol. The zero-order valence-corrected chi connectivity index (χ0v) is 8.91. The molecule has 0 amide bonds. The fourth-order valence-corrected chi connectivity index (χ4v) is 1.25. The van der Waals surface area contributed by atoms with E-state index in [0.29, 0.717) is 29.1 Å². The van der Waals surface area contributed by atoms with Gasteiger partial charge in [-0.3, -0.25) is 0 Å². The molecule has 0 spiro atoms. The van der Waals surface area contributed by atoms with Gasteiger partial charge < -0.3 is 14.2 Å². The largest absolute Gasteiger partial charge is 0.496 e. The third-order valence-corrected chi connectivity index (χ3v) is 1.98. The minimum Gasteiger partial charge on any atom is -0.496 e. The highest BCUT2D eigenvalue weighted by molar-refractivity contribution is 5.63. The van der Waals surface area contributed by atoms with Gasteiger partial charge in [0.25, 0.3) is 0 Å². The van der Waals surface area contributed by atoms with Crippen LogP contribution in [0.15, 0.2) is 18.5 Å². The molecule has 0 aromatic heterocycles. The first kappa shape index (κ1) is 11.4. The SMILES string of the molecule is COc1cc(OC)c(OC)cc1C=CF. The van der Waals surface area contributed by atoms with Crippen LogP contribution in [0.5, 0.6) is 17.2 Å². The lowest BCUT2D eigenvalue weighted by atomic mass is 10.1. The van der Waals surface area contributed by atoms with E-state index in [0.717, 1.165) is 0 Å². The summed E-state index contributed by atoms with van der Waals surface area (Å²) in [6.07, 6.45) is 1.74. The molecule has 0 aliphatic heterocycles. The summed E-state index contributed by atoms with van der Waals surface area (Å²) in [5, 5.41) is 0. The maximum Gasteiger partial charge on any atom is 0.164 e. The summed E-state index contributed by atoms with van der Waals surface area (Å²) in [5.74, 6) is 1.61. The topological polar surface area (TPSA) is 27.7 Å². The van der Waals surface area contributed by atoms with Gasteiger partial charge in [-0.1, -0.05) is 0 Å². The van der Waals surface area contributed by atoms with Gasteiger partial charge in [-0.25, -0.2) is 4.39 Å². The highest BCUT2D eigenvalue weighted by atomic mass is 19.1. The van der Waals surface area contributed by atoms with Crippen molar-refractivity contribution in [3.63, 3.8) is 0 Å². The molecular weight excluding hydrogens is 199 g/mol. The molecule has 0 saturated carbocycles. The average Bonchev–Trinajstić information content (AvgIpc) is 2.28. The van der Waals surface area contributed by atoms with Crippen molar-refractivity contribution in [2.45, 2.75) is 0 Å². The Morgan fingerprint density at radius 1 is 0.933 bits per heavy atom. The maximum absolute atomic E-state index is 12.1. The molecule has 0 heterocycles. The summed E-state index contributed by atoms with van der Waals surface area (Å²) in [5.41, 5.74) is 0.595. The molecule has 15 heavy (non-hydrogen) atoms. The summed E-state index contributed by atoms with van der Waals surface area (Å²) < 4.78 is 27.4. The predicted octanol–water partition coefficient (Wildman–Crippen LogP) is 2.65. The number of halogens is 1. The van der Waals surface area contributed by atoms with Gasteiger partial charge in [0.05, 0.1) is 27.7 Å². The van der Waals surface area contributed by atoms with Gasteiger partial charge >= 0.3 is 0 Å². The van der Waals surface area contributed by atoms with Crippen LogP contribution in [0.2, 0.25) is 0 Å². The van der Waals surface area contributed by atoms with Gasteiger partial charge in [-0.05, 0) is 12.1 Å². The summed E-state index contributed by atoms with van der Waals surface area (Å²) in [7, 11) is 4.56. The number of hydrogen-bond acceptors (Lipinski definition) is 3. The Hall–Kier alpha value is -1.71. The molecule has 1 aromatic carbocycles. The number of methoxy groups -OCH3 is 3. The van der Waals surface area contributed by atoms with Crippen molar-refractivity contribution >= 4 is 6.08 Å². The van der Waals surface area contributed by atoms with E-state index in [1.54, 1.807) is 12.1 Å². The Kier molecular flexibility index (Phi) is 3.97. The van der Waals surface area contributed by atoms with Crippen molar-refractivity contribution in [3.05, 3.63) is 24.0 Å². The lowest BCUT2D eigenvalue weighted by molar-refractivity contribution is 0.348.